The molecule has 1 saturated heterocycles. The maximum Gasteiger partial charge on any atom is 0.320 e. The molecule has 1 heterocycles. The van der Waals surface area contributed by atoms with Gasteiger partial charge in [0.05, 0.1) is 32.1 Å². The van der Waals surface area contributed by atoms with E-state index in [0.29, 0.717) is 63.8 Å². The summed E-state index contributed by atoms with van der Waals surface area (Å²) in [6, 6.07) is 17.4. The van der Waals surface area contributed by atoms with Gasteiger partial charge in [0.1, 0.15) is 24.2 Å². The first-order valence-electron chi connectivity index (χ1n) is 33.5. The molecule has 5 amide bonds. The monoisotopic (exact) mass is 1340 g/mol. The number of unbranched alkanes of at least 4 members (excludes halogenated alkanes) is 2. The zero-order valence-corrected chi connectivity index (χ0v) is 55.6. The van der Waals surface area contributed by atoms with Crippen LogP contribution in [-0.2, 0) is 65.6 Å². The van der Waals surface area contributed by atoms with E-state index in [1.807, 2.05) is 73.7 Å². The van der Waals surface area contributed by atoms with Crippen LogP contribution in [0.15, 0.2) is 66.7 Å². The number of benzene rings is 3. The maximum atomic E-state index is 14.3. The molecule has 2 aliphatic rings. The highest BCUT2D eigenvalue weighted by molar-refractivity contribution is 5.90. The minimum atomic E-state index is -1.27. The smallest absolute Gasteiger partial charge is 0.320 e. The number of carboxylic acids is 6. The standard InChI is InChI=1S/C68H101N11O17/c1-45(2)36-47-14-19-50(20-15-47)46(3)63(89)69-26-8-6-12-54(74-58(80)40-76-28-30-77(41-60(83)84)32-34-79(43-62(87)88)35-33-78(31-29-76)42-61(85)86)65(91)71-39-48-16-22-52(23-17-48)64(90)75-57(38-49-18-21-51-10-4-5-11-53(51)37-49)66(92)70-27-9-7-13-55(67(93)94)72-44-73-56(68(95)96)24-25-59(81)82/h4-5,10-11,14-15,18-21,37,45-46,48,52,54-57,72-73H,6-9,12-13,16-17,22-36,38-44H2,1-3H3,(H,69,89)(H,70,92)(H,71,91)(H,74,80)(H,75,90)(H,81,82)(H,83,84)(H,85,86)(H,87,88)(H,93,94)(H,95,96). The molecule has 5 atom stereocenters. The Labute approximate surface area is 561 Å². The lowest BCUT2D eigenvalue weighted by Gasteiger charge is -2.33. The van der Waals surface area contributed by atoms with Gasteiger partial charge < -0.3 is 57.2 Å². The van der Waals surface area contributed by atoms with Gasteiger partial charge in [-0.3, -0.25) is 83.0 Å². The molecular formula is C68H101N11O17. The number of carbonyl (C=O) groups is 11. The van der Waals surface area contributed by atoms with Gasteiger partial charge in [0.15, 0.2) is 0 Å². The normalized spacial score (nSPS) is 17.9. The first-order chi connectivity index (χ1) is 45.8. The molecule has 1 aliphatic heterocycles. The third-order valence-corrected chi connectivity index (χ3v) is 17.6. The molecule has 1 aliphatic carbocycles. The molecule has 1 saturated carbocycles. The molecule has 5 unspecified atom stereocenters. The lowest BCUT2D eigenvalue weighted by atomic mass is 9.81. The van der Waals surface area contributed by atoms with E-state index in [9.17, 15) is 78.3 Å². The van der Waals surface area contributed by atoms with E-state index in [2.05, 4.69) is 51.1 Å². The summed E-state index contributed by atoms with van der Waals surface area (Å²) in [6.07, 6.45) is 4.59. The fourth-order valence-corrected chi connectivity index (χ4v) is 12.0. The summed E-state index contributed by atoms with van der Waals surface area (Å²) in [4.78, 5) is 147. The minimum absolute atomic E-state index is 0.0339. The Balaban J connectivity index is 1.20. The van der Waals surface area contributed by atoms with Gasteiger partial charge in [-0.25, -0.2) is 0 Å². The molecule has 0 aromatic heterocycles. The van der Waals surface area contributed by atoms with Crippen LogP contribution < -0.4 is 37.2 Å². The van der Waals surface area contributed by atoms with E-state index in [-0.39, 0.29) is 148 Å². The molecule has 0 radical (unpaired) electrons. The Kier molecular flexibility index (Phi) is 34.1. The minimum Gasteiger partial charge on any atom is -0.481 e. The van der Waals surface area contributed by atoms with Crippen LogP contribution in [0.2, 0.25) is 0 Å². The predicted octanol–water partition coefficient (Wildman–Crippen LogP) is 2.23. The van der Waals surface area contributed by atoms with Gasteiger partial charge in [0.2, 0.25) is 29.5 Å². The molecule has 5 rings (SSSR count). The van der Waals surface area contributed by atoms with Gasteiger partial charge in [0.25, 0.3) is 0 Å². The molecule has 3 aromatic rings. The van der Waals surface area contributed by atoms with Crippen molar-refractivity contribution in [1.29, 1.82) is 0 Å². The van der Waals surface area contributed by atoms with Crippen molar-refractivity contribution in [2.75, 3.05) is 105 Å². The number of nitrogens with one attached hydrogen (secondary N) is 7. The van der Waals surface area contributed by atoms with Gasteiger partial charge in [-0.15, -0.1) is 0 Å². The fraction of sp³-hybridized carbons (Fsp3) is 0.603. The highest BCUT2D eigenvalue weighted by atomic mass is 16.4. The number of hydrogen-bond donors (Lipinski definition) is 13. The molecule has 28 heteroatoms. The Morgan fingerprint density at radius 1 is 0.469 bits per heavy atom. The quantitative estimate of drug-likeness (QED) is 0.0287. The lowest BCUT2D eigenvalue weighted by molar-refractivity contribution is -0.141. The Bertz CT molecular complexity index is 3000. The van der Waals surface area contributed by atoms with Crippen molar-refractivity contribution in [3.63, 3.8) is 0 Å². The van der Waals surface area contributed by atoms with Crippen LogP contribution in [0.5, 0.6) is 0 Å². The predicted molar refractivity (Wildman–Crippen MR) is 357 cm³/mol. The van der Waals surface area contributed by atoms with Crippen LogP contribution in [0.3, 0.4) is 0 Å². The molecule has 28 nitrogen and oxygen atoms in total. The van der Waals surface area contributed by atoms with Crippen LogP contribution in [0.25, 0.3) is 10.8 Å². The van der Waals surface area contributed by atoms with Crippen molar-refractivity contribution < 1.29 is 83.4 Å². The molecular weight excluding hydrogens is 1240 g/mol. The third kappa shape index (κ3) is 29.9. The molecule has 0 bridgehead atoms. The molecule has 96 heavy (non-hydrogen) atoms. The first kappa shape index (κ1) is 78.5. The zero-order chi connectivity index (χ0) is 70.1. The van der Waals surface area contributed by atoms with Crippen LogP contribution in [0.4, 0.5) is 0 Å². The molecule has 0 spiro atoms. The van der Waals surface area contributed by atoms with Crippen molar-refractivity contribution in [3.8, 4) is 0 Å². The average Bonchev–Trinajstić information content (AvgIpc) is 1.24. The Morgan fingerprint density at radius 3 is 1.46 bits per heavy atom. The van der Waals surface area contributed by atoms with Crippen molar-refractivity contribution in [1.82, 2.24) is 56.8 Å². The second-order valence-electron chi connectivity index (χ2n) is 25.7. The lowest BCUT2D eigenvalue weighted by Crippen LogP contribution is -2.52. The summed E-state index contributed by atoms with van der Waals surface area (Å²) in [6.45, 7) is 7.00. The van der Waals surface area contributed by atoms with Crippen LogP contribution >= 0.6 is 0 Å². The number of fused-ring (bicyclic) bond motifs is 1. The van der Waals surface area contributed by atoms with Crippen molar-refractivity contribution in [3.05, 3.63) is 83.4 Å². The SMILES string of the molecule is CC(C)Cc1ccc(C(C)C(=O)NCCCCC(NC(=O)CN2CCN(CC(=O)O)CCN(CC(=O)O)CCN(CC(=O)O)CC2)C(=O)NCC2CCC(C(=O)NC(Cc3ccc4ccccc4c3)C(=O)NCCCCC(NCNC(CCC(=O)O)C(=O)O)C(=O)O)CC2)cc1. The Morgan fingerprint density at radius 2 is 0.948 bits per heavy atom. The average molecular weight is 1340 g/mol. The summed E-state index contributed by atoms with van der Waals surface area (Å²) in [5, 5.41) is 79.5. The van der Waals surface area contributed by atoms with Gasteiger partial charge >= 0.3 is 35.8 Å². The molecule has 2 fully saturated rings. The molecule has 13 N–H and O–H groups in total. The van der Waals surface area contributed by atoms with Crippen LogP contribution in [0.1, 0.15) is 120 Å². The number of hydrogen-bond acceptors (Lipinski definition) is 17. The second-order valence-corrected chi connectivity index (χ2v) is 25.7. The number of carbonyl (C=O) groups excluding carboxylic acids is 5. The zero-order valence-electron chi connectivity index (χ0n) is 55.6. The summed E-state index contributed by atoms with van der Waals surface area (Å²) in [5.74, 6) is -9.07. The maximum absolute atomic E-state index is 14.3. The fourth-order valence-electron chi connectivity index (χ4n) is 12.0. The van der Waals surface area contributed by atoms with E-state index in [1.54, 1.807) is 19.6 Å². The molecule has 530 valence electrons. The topological polar surface area (TPSA) is 406 Å². The van der Waals surface area contributed by atoms with Crippen LogP contribution in [0, 0.1) is 17.8 Å². The van der Waals surface area contributed by atoms with E-state index in [1.165, 1.54) is 5.56 Å². The highest BCUT2D eigenvalue weighted by Crippen LogP contribution is 2.29. The number of nitrogens with zero attached hydrogens (tertiary/aromatic N) is 4. The first-order valence-corrected chi connectivity index (χ1v) is 33.5. The third-order valence-electron chi connectivity index (χ3n) is 17.6. The highest BCUT2D eigenvalue weighted by Gasteiger charge is 2.32. The number of amides is 5. The van der Waals surface area contributed by atoms with Gasteiger partial charge in [-0.2, -0.15) is 0 Å². The van der Waals surface area contributed by atoms with Crippen molar-refractivity contribution in [2.45, 2.75) is 141 Å². The van der Waals surface area contributed by atoms with E-state index < -0.39 is 89.5 Å². The summed E-state index contributed by atoms with van der Waals surface area (Å²) < 4.78 is 0. The van der Waals surface area contributed by atoms with Gasteiger partial charge in [-0.05, 0) is 123 Å². The van der Waals surface area contributed by atoms with Crippen molar-refractivity contribution >= 4 is 76.1 Å². The van der Waals surface area contributed by atoms with E-state index >= 15 is 0 Å². The molecule has 3 aromatic carbocycles. The summed E-state index contributed by atoms with van der Waals surface area (Å²) in [7, 11) is 0. The number of rotatable bonds is 40. The van der Waals surface area contributed by atoms with Crippen molar-refractivity contribution in [2.24, 2.45) is 17.8 Å². The van der Waals surface area contributed by atoms with E-state index in [4.69, 9.17) is 5.11 Å². The van der Waals surface area contributed by atoms with E-state index in [0.717, 1.165) is 28.3 Å². The Hall–Kier alpha value is -8.15. The van der Waals surface area contributed by atoms with Gasteiger partial charge in [-0.1, -0.05) is 80.6 Å². The number of carboxylic acid groups (broad SMARTS) is 6. The summed E-state index contributed by atoms with van der Waals surface area (Å²) in [5.41, 5.74) is 2.89. The largest absolute Gasteiger partial charge is 0.481 e. The second kappa shape index (κ2) is 41.7. The van der Waals surface area contributed by atoms with Crippen LogP contribution in [-0.4, -0.2) is 245 Å². The van der Waals surface area contributed by atoms with Gasteiger partial charge in [0, 0.05) is 97.4 Å². The summed E-state index contributed by atoms with van der Waals surface area (Å²) >= 11 is 0. The number of aliphatic carboxylic acids is 6.